The molecule has 2 N–H and O–H groups in total. The Morgan fingerprint density at radius 1 is 1.42 bits per heavy atom. The number of hydrazine groups is 1. The smallest absolute Gasteiger partial charge is 0.322 e. The Hall–Kier alpha value is -2.10. The Kier molecular flexibility index (Phi) is 5.22. The van der Waals surface area contributed by atoms with E-state index < -0.39 is 17.5 Å². The molecule has 1 aromatic rings. The van der Waals surface area contributed by atoms with Crippen LogP contribution in [0.2, 0.25) is 0 Å². The van der Waals surface area contributed by atoms with Crippen molar-refractivity contribution in [2.24, 2.45) is 5.92 Å². The fraction of sp³-hybridized carbons (Fsp3) is 0.688. The van der Waals surface area contributed by atoms with E-state index in [9.17, 15) is 14.4 Å². The van der Waals surface area contributed by atoms with E-state index in [1.807, 2.05) is 18.4 Å². The van der Waals surface area contributed by atoms with E-state index in [1.54, 1.807) is 6.33 Å². The van der Waals surface area contributed by atoms with Gasteiger partial charge in [0.2, 0.25) is 5.91 Å². The number of urea groups is 1. The molecule has 4 amide bonds. The third-order valence-corrected chi connectivity index (χ3v) is 5.91. The predicted octanol–water partition coefficient (Wildman–Crippen LogP) is 1.48. The summed E-state index contributed by atoms with van der Waals surface area (Å²) in [7, 11) is 0. The highest BCUT2D eigenvalue weighted by atomic mass is 32.2. The number of aromatic nitrogens is 3. The summed E-state index contributed by atoms with van der Waals surface area (Å²) in [5.41, 5.74) is 1.57. The van der Waals surface area contributed by atoms with Gasteiger partial charge in [0.15, 0.2) is 5.16 Å². The average Bonchev–Trinajstić information content (AvgIpc) is 3.15. The average molecular weight is 380 g/mol. The van der Waals surface area contributed by atoms with Gasteiger partial charge in [0.05, 0.1) is 5.75 Å². The normalized spacial score (nSPS) is 25.8. The van der Waals surface area contributed by atoms with Gasteiger partial charge in [-0.1, -0.05) is 18.7 Å². The van der Waals surface area contributed by atoms with E-state index >= 15 is 0 Å². The van der Waals surface area contributed by atoms with Gasteiger partial charge in [-0.3, -0.25) is 15.0 Å². The second-order valence-electron chi connectivity index (χ2n) is 7.27. The summed E-state index contributed by atoms with van der Waals surface area (Å²) in [6.45, 7) is 6.12. The topological polar surface area (TPSA) is 109 Å². The highest BCUT2D eigenvalue weighted by molar-refractivity contribution is 7.99. The Labute approximate surface area is 156 Å². The van der Waals surface area contributed by atoms with Gasteiger partial charge < -0.3 is 9.88 Å². The summed E-state index contributed by atoms with van der Waals surface area (Å²) in [4.78, 5) is 37.1. The SMILES string of the molecule is CC1CCC2(CC1)NC(=O)N(NC(=O)CSc1nncn1C(C)C)C2=O. The zero-order chi connectivity index (χ0) is 18.9. The minimum Gasteiger partial charge on any atom is -0.322 e. The molecule has 142 valence electrons. The van der Waals surface area contributed by atoms with Crippen LogP contribution in [-0.4, -0.2) is 48.9 Å². The molecule has 2 heterocycles. The molecular formula is C16H24N6O3S. The number of amides is 4. The third-order valence-electron chi connectivity index (χ3n) is 4.96. The Morgan fingerprint density at radius 3 is 2.77 bits per heavy atom. The predicted molar refractivity (Wildman–Crippen MR) is 95.0 cm³/mol. The molecule has 1 aliphatic carbocycles. The monoisotopic (exact) mass is 380 g/mol. The molecule has 10 heteroatoms. The van der Waals surface area contributed by atoms with E-state index in [4.69, 9.17) is 0 Å². The number of carbonyl (C=O) groups excluding carboxylic acids is 3. The zero-order valence-corrected chi connectivity index (χ0v) is 16.0. The number of hydrogen-bond acceptors (Lipinski definition) is 6. The number of carbonyl (C=O) groups is 3. The van der Waals surface area contributed by atoms with Crippen LogP contribution in [0.3, 0.4) is 0 Å². The van der Waals surface area contributed by atoms with Crippen LogP contribution in [0.1, 0.15) is 52.5 Å². The number of hydrogen-bond donors (Lipinski definition) is 2. The van der Waals surface area contributed by atoms with Gasteiger partial charge in [-0.25, -0.2) is 4.79 Å². The van der Waals surface area contributed by atoms with Crippen molar-refractivity contribution in [1.82, 2.24) is 30.5 Å². The third kappa shape index (κ3) is 3.55. The van der Waals surface area contributed by atoms with Crippen molar-refractivity contribution in [3.8, 4) is 0 Å². The number of nitrogens with zero attached hydrogens (tertiary/aromatic N) is 4. The highest BCUT2D eigenvalue weighted by Gasteiger charge is 2.52. The molecule has 1 aromatic heterocycles. The molecule has 0 aromatic carbocycles. The number of nitrogens with one attached hydrogen (secondary N) is 2. The van der Waals surface area contributed by atoms with Crippen molar-refractivity contribution in [3.05, 3.63) is 6.33 Å². The summed E-state index contributed by atoms with van der Waals surface area (Å²) in [5, 5.41) is 12.0. The van der Waals surface area contributed by atoms with Crippen LogP contribution in [0.5, 0.6) is 0 Å². The van der Waals surface area contributed by atoms with Crippen LogP contribution in [-0.2, 0) is 9.59 Å². The lowest BCUT2D eigenvalue weighted by molar-refractivity contribution is -0.139. The van der Waals surface area contributed by atoms with Crippen molar-refractivity contribution in [3.63, 3.8) is 0 Å². The van der Waals surface area contributed by atoms with Crippen LogP contribution >= 0.6 is 11.8 Å². The van der Waals surface area contributed by atoms with Gasteiger partial charge in [0.1, 0.15) is 11.9 Å². The molecular weight excluding hydrogens is 356 g/mol. The minimum atomic E-state index is -0.859. The van der Waals surface area contributed by atoms with Gasteiger partial charge in [0.25, 0.3) is 5.91 Å². The van der Waals surface area contributed by atoms with E-state index in [1.165, 1.54) is 11.8 Å². The molecule has 1 aliphatic heterocycles. The molecule has 0 bridgehead atoms. The molecule has 1 spiro atoms. The number of rotatable bonds is 5. The van der Waals surface area contributed by atoms with Crippen molar-refractivity contribution in [2.75, 3.05) is 5.75 Å². The Morgan fingerprint density at radius 2 is 2.12 bits per heavy atom. The summed E-state index contributed by atoms with van der Waals surface area (Å²) in [6, 6.07) is -0.386. The summed E-state index contributed by atoms with van der Waals surface area (Å²) in [5.74, 6) is -0.216. The van der Waals surface area contributed by atoms with Gasteiger partial charge in [-0.15, -0.1) is 10.2 Å². The molecule has 0 unspecified atom stereocenters. The molecule has 0 atom stereocenters. The fourth-order valence-corrected chi connectivity index (χ4v) is 4.13. The summed E-state index contributed by atoms with van der Waals surface area (Å²) in [6.07, 6.45) is 4.59. The molecule has 9 nitrogen and oxygen atoms in total. The van der Waals surface area contributed by atoms with Gasteiger partial charge in [-0.05, 0) is 45.4 Å². The first-order valence-corrected chi connectivity index (χ1v) is 9.79. The summed E-state index contributed by atoms with van der Waals surface area (Å²) < 4.78 is 1.85. The Balaban J connectivity index is 1.58. The molecule has 1 saturated heterocycles. The number of thioether (sulfide) groups is 1. The maximum atomic E-state index is 12.7. The standard InChI is InChI=1S/C16H24N6O3S/c1-10(2)21-9-17-19-15(21)26-8-12(23)20-22-13(24)16(18-14(22)25)6-4-11(3)5-7-16/h9-11H,4-8H2,1-3H3,(H,18,25)(H,20,23). The maximum absolute atomic E-state index is 12.7. The Bertz CT molecular complexity index is 711. The first-order valence-electron chi connectivity index (χ1n) is 8.81. The molecule has 2 fully saturated rings. The van der Waals surface area contributed by atoms with Gasteiger partial charge in [-0.2, -0.15) is 5.01 Å². The molecule has 26 heavy (non-hydrogen) atoms. The lowest BCUT2D eigenvalue weighted by Crippen LogP contribution is -2.51. The van der Waals surface area contributed by atoms with Crippen molar-refractivity contribution < 1.29 is 14.4 Å². The van der Waals surface area contributed by atoms with E-state index in [0.29, 0.717) is 23.9 Å². The highest BCUT2D eigenvalue weighted by Crippen LogP contribution is 2.35. The van der Waals surface area contributed by atoms with E-state index in [-0.39, 0.29) is 17.7 Å². The lowest BCUT2D eigenvalue weighted by Gasteiger charge is -2.33. The second-order valence-corrected chi connectivity index (χ2v) is 8.22. The van der Waals surface area contributed by atoms with Crippen molar-refractivity contribution in [2.45, 2.75) is 63.2 Å². The van der Waals surface area contributed by atoms with Crippen LogP contribution in [0.4, 0.5) is 4.79 Å². The summed E-state index contributed by atoms with van der Waals surface area (Å²) >= 11 is 1.21. The van der Waals surface area contributed by atoms with Crippen LogP contribution < -0.4 is 10.7 Å². The van der Waals surface area contributed by atoms with Crippen LogP contribution in [0.25, 0.3) is 0 Å². The second kappa shape index (κ2) is 7.26. The molecule has 3 rings (SSSR count). The quantitative estimate of drug-likeness (QED) is 0.592. The number of imide groups is 1. The molecule has 1 saturated carbocycles. The first kappa shape index (κ1) is 18.7. The molecule has 0 radical (unpaired) electrons. The van der Waals surface area contributed by atoms with Crippen molar-refractivity contribution >= 4 is 29.6 Å². The van der Waals surface area contributed by atoms with Crippen LogP contribution in [0.15, 0.2) is 11.5 Å². The molecule has 2 aliphatic rings. The fourth-order valence-electron chi connectivity index (χ4n) is 3.29. The van der Waals surface area contributed by atoms with Crippen LogP contribution in [0, 0.1) is 5.92 Å². The van der Waals surface area contributed by atoms with Gasteiger partial charge in [0, 0.05) is 6.04 Å². The largest absolute Gasteiger partial charge is 0.344 e. The first-order chi connectivity index (χ1) is 12.3. The maximum Gasteiger partial charge on any atom is 0.344 e. The van der Waals surface area contributed by atoms with E-state index in [0.717, 1.165) is 17.9 Å². The van der Waals surface area contributed by atoms with Gasteiger partial charge >= 0.3 is 6.03 Å². The van der Waals surface area contributed by atoms with Crippen molar-refractivity contribution in [1.29, 1.82) is 0 Å². The zero-order valence-electron chi connectivity index (χ0n) is 15.2. The lowest BCUT2D eigenvalue weighted by atomic mass is 9.77. The van der Waals surface area contributed by atoms with E-state index in [2.05, 4.69) is 27.9 Å². The minimum absolute atomic E-state index is 0.0342.